The largest absolute Gasteiger partial charge is 0.452 e. The van der Waals surface area contributed by atoms with Crippen LogP contribution in [-0.2, 0) is 9.53 Å². The molecule has 0 saturated carbocycles. The Labute approximate surface area is 167 Å². The number of nitrogens with one attached hydrogen (secondary N) is 1. The summed E-state index contributed by atoms with van der Waals surface area (Å²) in [5.41, 5.74) is 2.71. The van der Waals surface area contributed by atoms with Crippen molar-refractivity contribution in [1.82, 2.24) is 0 Å². The highest BCUT2D eigenvalue weighted by atomic mass is 35.5. The lowest BCUT2D eigenvalue weighted by molar-refractivity contribution is -0.119. The fourth-order valence-electron chi connectivity index (χ4n) is 2.62. The van der Waals surface area contributed by atoms with Crippen molar-refractivity contribution in [1.29, 1.82) is 5.26 Å². The number of hydrogen-bond acceptors (Lipinski definition) is 4. The zero-order valence-electron chi connectivity index (χ0n) is 14.7. The van der Waals surface area contributed by atoms with Crippen LogP contribution in [0.1, 0.15) is 15.9 Å². The smallest absolute Gasteiger partial charge is 0.339 e. The van der Waals surface area contributed by atoms with Gasteiger partial charge in [0.2, 0.25) is 0 Å². The van der Waals surface area contributed by atoms with E-state index in [-0.39, 0.29) is 5.02 Å². The second-order valence-electron chi connectivity index (χ2n) is 5.84. The second kappa shape index (κ2) is 8.85. The van der Waals surface area contributed by atoms with Gasteiger partial charge < -0.3 is 10.1 Å². The topological polar surface area (TPSA) is 79.2 Å². The summed E-state index contributed by atoms with van der Waals surface area (Å²) >= 11 is 5.94. The Balaban J connectivity index is 1.66. The van der Waals surface area contributed by atoms with Crippen LogP contribution in [0.2, 0.25) is 5.02 Å². The number of carbonyl (C=O) groups is 2. The van der Waals surface area contributed by atoms with Crippen LogP contribution >= 0.6 is 11.6 Å². The van der Waals surface area contributed by atoms with E-state index in [0.717, 1.165) is 11.1 Å². The van der Waals surface area contributed by atoms with Crippen molar-refractivity contribution in [3.05, 3.63) is 88.9 Å². The van der Waals surface area contributed by atoms with Gasteiger partial charge in [-0.05, 0) is 35.4 Å². The number of nitrogens with zero attached hydrogens (tertiary/aromatic N) is 1. The van der Waals surface area contributed by atoms with E-state index in [1.165, 1.54) is 12.1 Å². The lowest BCUT2D eigenvalue weighted by atomic mass is 10.00. The van der Waals surface area contributed by atoms with Crippen LogP contribution < -0.4 is 5.32 Å². The molecule has 0 aliphatic carbocycles. The fraction of sp³-hybridized carbons (Fsp3) is 0.0455. The minimum absolute atomic E-state index is 0.231. The zero-order chi connectivity index (χ0) is 19.9. The number of hydrogen-bond donors (Lipinski definition) is 1. The molecule has 5 nitrogen and oxygen atoms in total. The summed E-state index contributed by atoms with van der Waals surface area (Å²) in [7, 11) is 0. The number of carbonyl (C=O) groups excluding carboxylic acids is 2. The summed E-state index contributed by atoms with van der Waals surface area (Å²) in [4.78, 5) is 24.5. The maximum Gasteiger partial charge on any atom is 0.339 e. The number of esters is 1. The van der Waals surface area contributed by atoms with Crippen LogP contribution in [-0.4, -0.2) is 18.5 Å². The van der Waals surface area contributed by atoms with Gasteiger partial charge in [0.05, 0.1) is 16.1 Å². The van der Waals surface area contributed by atoms with Crippen molar-refractivity contribution >= 4 is 29.2 Å². The van der Waals surface area contributed by atoms with Crippen molar-refractivity contribution in [3.8, 4) is 17.2 Å². The predicted octanol–water partition coefficient (Wildman–Crippen LogP) is 4.67. The zero-order valence-corrected chi connectivity index (χ0v) is 15.4. The number of anilines is 1. The van der Waals surface area contributed by atoms with Gasteiger partial charge >= 0.3 is 5.97 Å². The first kappa shape index (κ1) is 19.2. The van der Waals surface area contributed by atoms with Crippen molar-refractivity contribution < 1.29 is 14.3 Å². The van der Waals surface area contributed by atoms with E-state index in [1.807, 2.05) is 48.5 Å². The Kier molecular flexibility index (Phi) is 6.05. The fourth-order valence-corrected chi connectivity index (χ4v) is 2.84. The summed E-state index contributed by atoms with van der Waals surface area (Å²) < 4.78 is 5.16. The first-order valence-corrected chi connectivity index (χ1v) is 8.77. The molecule has 0 aliphatic heterocycles. The number of rotatable bonds is 5. The van der Waals surface area contributed by atoms with Gasteiger partial charge in [0.1, 0.15) is 6.07 Å². The lowest BCUT2D eigenvalue weighted by Gasteiger charge is -2.10. The average molecular weight is 391 g/mol. The first-order chi connectivity index (χ1) is 13.6. The van der Waals surface area contributed by atoms with Crippen LogP contribution in [0.4, 0.5) is 5.69 Å². The molecule has 0 fully saturated rings. The van der Waals surface area contributed by atoms with Crippen molar-refractivity contribution in [3.63, 3.8) is 0 Å². The highest BCUT2D eigenvalue weighted by Crippen LogP contribution is 2.24. The third-order valence-electron chi connectivity index (χ3n) is 3.94. The highest BCUT2D eigenvalue weighted by molar-refractivity contribution is 6.32. The normalized spacial score (nSPS) is 10.0. The molecular formula is C22H15ClN2O3. The Hall–Kier alpha value is -3.62. The molecule has 138 valence electrons. The molecule has 0 aromatic heterocycles. The van der Waals surface area contributed by atoms with Crippen molar-refractivity contribution in [2.24, 2.45) is 0 Å². The quantitative estimate of drug-likeness (QED) is 0.642. The van der Waals surface area contributed by atoms with E-state index in [4.69, 9.17) is 21.6 Å². The van der Waals surface area contributed by atoms with E-state index in [0.29, 0.717) is 16.8 Å². The molecule has 6 heteroatoms. The minimum Gasteiger partial charge on any atom is -0.452 e. The van der Waals surface area contributed by atoms with Crippen LogP contribution in [0.25, 0.3) is 11.1 Å². The molecular weight excluding hydrogens is 376 g/mol. The van der Waals surface area contributed by atoms with Gasteiger partial charge in [0, 0.05) is 5.69 Å². The molecule has 0 aliphatic rings. The maximum absolute atomic E-state index is 12.5. The SMILES string of the molecule is N#Cc1ccc(NC(=O)COC(=O)c2ccccc2-c2ccccc2)cc1Cl. The Morgan fingerprint density at radius 1 is 1.00 bits per heavy atom. The number of amides is 1. The van der Waals surface area contributed by atoms with Crippen molar-refractivity contribution in [2.75, 3.05) is 11.9 Å². The Bertz CT molecular complexity index is 1060. The molecule has 1 amide bonds. The molecule has 0 spiro atoms. The molecule has 0 atom stereocenters. The number of nitriles is 1. The van der Waals surface area contributed by atoms with E-state index in [1.54, 1.807) is 18.2 Å². The average Bonchev–Trinajstić information content (AvgIpc) is 2.73. The molecule has 0 heterocycles. The molecule has 0 bridgehead atoms. The van der Waals surface area contributed by atoms with E-state index < -0.39 is 18.5 Å². The Morgan fingerprint density at radius 2 is 1.71 bits per heavy atom. The van der Waals surface area contributed by atoms with Crippen LogP contribution in [0, 0.1) is 11.3 Å². The van der Waals surface area contributed by atoms with Gasteiger partial charge in [-0.3, -0.25) is 4.79 Å². The van der Waals surface area contributed by atoms with Gasteiger partial charge in [0.15, 0.2) is 6.61 Å². The number of ether oxygens (including phenoxy) is 1. The maximum atomic E-state index is 12.5. The summed E-state index contributed by atoms with van der Waals surface area (Å²) in [5, 5.41) is 11.7. The molecule has 1 N–H and O–H groups in total. The molecule has 0 saturated heterocycles. The molecule has 0 unspecified atom stereocenters. The third kappa shape index (κ3) is 4.56. The predicted molar refractivity (Wildman–Crippen MR) is 107 cm³/mol. The second-order valence-corrected chi connectivity index (χ2v) is 6.25. The molecule has 3 aromatic carbocycles. The van der Waals surface area contributed by atoms with Crippen LogP contribution in [0.5, 0.6) is 0 Å². The van der Waals surface area contributed by atoms with Crippen LogP contribution in [0.15, 0.2) is 72.8 Å². The van der Waals surface area contributed by atoms with Gasteiger partial charge in [-0.1, -0.05) is 60.1 Å². The first-order valence-electron chi connectivity index (χ1n) is 8.39. The standard InChI is InChI=1S/C22H15ClN2O3/c23-20-12-17(11-10-16(20)13-24)25-21(26)14-28-22(27)19-9-5-4-8-18(19)15-6-2-1-3-7-15/h1-12H,14H2,(H,25,26). The highest BCUT2D eigenvalue weighted by Gasteiger charge is 2.15. The minimum atomic E-state index is -0.590. The Morgan fingerprint density at radius 3 is 2.43 bits per heavy atom. The molecule has 3 aromatic rings. The monoisotopic (exact) mass is 390 g/mol. The number of benzene rings is 3. The number of halogens is 1. The van der Waals surface area contributed by atoms with E-state index in [9.17, 15) is 9.59 Å². The van der Waals surface area contributed by atoms with E-state index in [2.05, 4.69) is 5.32 Å². The summed E-state index contributed by atoms with van der Waals surface area (Å²) in [6.45, 7) is -0.445. The molecule has 0 radical (unpaired) electrons. The molecule has 3 rings (SSSR count). The summed E-state index contributed by atoms with van der Waals surface area (Å²) in [5.74, 6) is -1.10. The molecule has 28 heavy (non-hydrogen) atoms. The lowest BCUT2D eigenvalue weighted by Crippen LogP contribution is -2.21. The summed E-state index contributed by atoms with van der Waals surface area (Å²) in [6, 6.07) is 23.0. The van der Waals surface area contributed by atoms with Crippen LogP contribution in [0.3, 0.4) is 0 Å². The van der Waals surface area contributed by atoms with Gasteiger partial charge in [-0.2, -0.15) is 5.26 Å². The summed E-state index contributed by atoms with van der Waals surface area (Å²) in [6.07, 6.45) is 0. The van der Waals surface area contributed by atoms with Gasteiger partial charge in [0.25, 0.3) is 5.91 Å². The van der Waals surface area contributed by atoms with Crippen molar-refractivity contribution in [2.45, 2.75) is 0 Å². The van der Waals surface area contributed by atoms with E-state index >= 15 is 0 Å². The van der Waals surface area contributed by atoms with Gasteiger partial charge in [-0.15, -0.1) is 0 Å². The third-order valence-corrected chi connectivity index (χ3v) is 4.25. The van der Waals surface area contributed by atoms with Gasteiger partial charge in [-0.25, -0.2) is 4.79 Å².